The monoisotopic (exact) mass is 200 g/mol. The molecule has 1 rings (SSSR count). The van der Waals surface area contributed by atoms with Gasteiger partial charge in [-0.05, 0) is 6.92 Å². The summed E-state index contributed by atoms with van der Waals surface area (Å²) in [5.74, 6) is -0.363. The molecule has 1 aromatic rings. The van der Waals surface area contributed by atoms with Gasteiger partial charge in [0, 0.05) is 18.0 Å². The molecule has 5 heteroatoms. The number of thiazole rings is 1. The van der Waals surface area contributed by atoms with Crippen LogP contribution in [0.3, 0.4) is 0 Å². The summed E-state index contributed by atoms with van der Waals surface area (Å²) in [4.78, 5) is 15.1. The van der Waals surface area contributed by atoms with Crippen LogP contribution in [0.4, 0.5) is 0 Å². The van der Waals surface area contributed by atoms with E-state index in [-0.39, 0.29) is 5.97 Å². The second kappa shape index (κ2) is 4.94. The third-order valence-corrected chi connectivity index (χ3v) is 2.27. The highest BCUT2D eigenvalue weighted by atomic mass is 32.1. The number of ether oxygens (including phenoxy) is 1. The van der Waals surface area contributed by atoms with Crippen LogP contribution in [0.2, 0.25) is 0 Å². The summed E-state index contributed by atoms with van der Waals surface area (Å²) in [7, 11) is 0. The maximum absolute atomic E-state index is 11.1. The summed E-state index contributed by atoms with van der Waals surface area (Å²) in [6.45, 7) is 2.12. The van der Waals surface area contributed by atoms with Crippen molar-refractivity contribution in [2.75, 3.05) is 6.61 Å². The van der Waals surface area contributed by atoms with E-state index in [2.05, 4.69) is 4.98 Å². The van der Waals surface area contributed by atoms with Crippen molar-refractivity contribution in [1.82, 2.24) is 4.98 Å². The van der Waals surface area contributed by atoms with E-state index in [9.17, 15) is 4.79 Å². The molecule has 0 fully saturated rings. The van der Waals surface area contributed by atoms with Crippen LogP contribution >= 0.6 is 11.3 Å². The van der Waals surface area contributed by atoms with Gasteiger partial charge in [-0.25, -0.2) is 4.98 Å². The number of rotatable bonds is 4. The predicted molar refractivity (Wildman–Crippen MR) is 50.4 cm³/mol. The Bertz CT molecular complexity index is 261. The average molecular weight is 200 g/mol. The zero-order valence-corrected chi connectivity index (χ0v) is 8.21. The molecular formula is C8H12N2O2S. The van der Waals surface area contributed by atoms with Gasteiger partial charge in [-0.2, -0.15) is 0 Å². The molecule has 1 heterocycles. The Morgan fingerprint density at radius 3 is 3.15 bits per heavy atom. The number of hydrogen-bond donors (Lipinski definition) is 1. The van der Waals surface area contributed by atoms with E-state index in [1.54, 1.807) is 13.1 Å². The molecule has 0 amide bonds. The molecule has 13 heavy (non-hydrogen) atoms. The summed E-state index contributed by atoms with van der Waals surface area (Å²) in [5.41, 5.74) is 5.59. The topological polar surface area (TPSA) is 65.2 Å². The molecular weight excluding hydrogens is 188 g/mol. The fourth-order valence-corrected chi connectivity index (χ4v) is 1.55. The molecule has 0 aliphatic carbocycles. The van der Waals surface area contributed by atoms with Crippen molar-refractivity contribution in [2.45, 2.75) is 19.4 Å². The standard InChI is InChI=1S/C8H12N2O2S/c1-2-12-8(11)6(9)5-7-10-3-4-13-7/h3-4,6H,2,5,9H2,1H3. The molecule has 2 N–H and O–H groups in total. The first-order valence-corrected chi connectivity index (χ1v) is 4.92. The second-order valence-electron chi connectivity index (χ2n) is 2.49. The van der Waals surface area contributed by atoms with Crippen molar-refractivity contribution in [1.29, 1.82) is 0 Å². The highest BCUT2D eigenvalue weighted by Crippen LogP contribution is 2.06. The number of carbonyl (C=O) groups is 1. The number of aromatic nitrogens is 1. The third-order valence-electron chi connectivity index (χ3n) is 1.47. The van der Waals surface area contributed by atoms with Crippen LogP contribution in [0.5, 0.6) is 0 Å². The van der Waals surface area contributed by atoms with E-state index < -0.39 is 6.04 Å². The van der Waals surface area contributed by atoms with Crippen molar-refractivity contribution in [3.63, 3.8) is 0 Å². The zero-order chi connectivity index (χ0) is 9.68. The molecule has 72 valence electrons. The molecule has 0 saturated carbocycles. The Labute approximate surface area is 80.7 Å². The Morgan fingerprint density at radius 2 is 2.62 bits per heavy atom. The molecule has 1 unspecified atom stereocenters. The Morgan fingerprint density at radius 1 is 1.85 bits per heavy atom. The van der Waals surface area contributed by atoms with Crippen LogP contribution in [-0.2, 0) is 16.0 Å². The molecule has 0 aliphatic rings. The molecule has 0 aromatic carbocycles. The van der Waals surface area contributed by atoms with Gasteiger partial charge in [-0.15, -0.1) is 11.3 Å². The van der Waals surface area contributed by atoms with E-state index in [0.717, 1.165) is 5.01 Å². The normalized spacial score (nSPS) is 12.5. The first-order chi connectivity index (χ1) is 6.24. The summed E-state index contributed by atoms with van der Waals surface area (Å²) in [6, 6.07) is -0.592. The van der Waals surface area contributed by atoms with Crippen molar-refractivity contribution >= 4 is 17.3 Å². The number of hydrogen-bond acceptors (Lipinski definition) is 5. The quantitative estimate of drug-likeness (QED) is 0.722. The lowest BCUT2D eigenvalue weighted by molar-refractivity contribution is -0.144. The molecule has 1 aromatic heterocycles. The van der Waals surface area contributed by atoms with Crippen LogP contribution < -0.4 is 5.73 Å². The van der Waals surface area contributed by atoms with Crippen molar-refractivity contribution in [3.05, 3.63) is 16.6 Å². The predicted octanol–water partition coefficient (Wildman–Crippen LogP) is 0.576. The molecule has 0 bridgehead atoms. The van der Waals surface area contributed by atoms with Gasteiger partial charge in [0.05, 0.1) is 11.6 Å². The number of carbonyl (C=O) groups excluding carboxylic acids is 1. The molecule has 0 saturated heterocycles. The lowest BCUT2D eigenvalue weighted by Crippen LogP contribution is -2.34. The number of esters is 1. The van der Waals surface area contributed by atoms with Gasteiger partial charge in [-0.3, -0.25) is 4.79 Å². The summed E-state index contributed by atoms with van der Waals surface area (Å²) in [5, 5.41) is 2.72. The molecule has 0 spiro atoms. The van der Waals surface area contributed by atoms with E-state index in [1.165, 1.54) is 11.3 Å². The van der Waals surface area contributed by atoms with Crippen LogP contribution in [0.1, 0.15) is 11.9 Å². The smallest absolute Gasteiger partial charge is 0.323 e. The zero-order valence-electron chi connectivity index (χ0n) is 7.40. The van der Waals surface area contributed by atoms with Crippen LogP contribution in [0.15, 0.2) is 11.6 Å². The van der Waals surface area contributed by atoms with Crippen molar-refractivity contribution in [2.24, 2.45) is 5.73 Å². The molecule has 0 radical (unpaired) electrons. The largest absolute Gasteiger partial charge is 0.465 e. The third kappa shape index (κ3) is 3.12. The Balaban J connectivity index is 2.41. The van der Waals surface area contributed by atoms with E-state index in [1.807, 2.05) is 5.38 Å². The Kier molecular flexibility index (Phi) is 3.85. The van der Waals surface area contributed by atoms with Crippen LogP contribution in [0, 0.1) is 0 Å². The van der Waals surface area contributed by atoms with Crippen LogP contribution in [0.25, 0.3) is 0 Å². The first kappa shape index (κ1) is 10.1. The lowest BCUT2D eigenvalue weighted by Gasteiger charge is -2.07. The van der Waals surface area contributed by atoms with E-state index in [4.69, 9.17) is 10.5 Å². The lowest BCUT2D eigenvalue weighted by atomic mass is 10.2. The van der Waals surface area contributed by atoms with Crippen molar-refractivity contribution in [3.8, 4) is 0 Å². The summed E-state index contributed by atoms with van der Waals surface area (Å²) < 4.78 is 4.77. The van der Waals surface area contributed by atoms with Gasteiger partial charge in [0.1, 0.15) is 6.04 Å². The maximum Gasteiger partial charge on any atom is 0.323 e. The fraction of sp³-hybridized carbons (Fsp3) is 0.500. The van der Waals surface area contributed by atoms with Crippen molar-refractivity contribution < 1.29 is 9.53 Å². The fourth-order valence-electron chi connectivity index (χ4n) is 0.875. The molecule has 0 aliphatic heterocycles. The number of nitrogens with two attached hydrogens (primary N) is 1. The minimum atomic E-state index is -0.592. The minimum Gasteiger partial charge on any atom is -0.465 e. The van der Waals surface area contributed by atoms with Gasteiger partial charge in [-0.1, -0.05) is 0 Å². The van der Waals surface area contributed by atoms with E-state index >= 15 is 0 Å². The minimum absolute atomic E-state index is 0.363. The summed E-state index contributed by atoms with van der Waals surface area (Å²) in [6.07, 6.45) is 2.15. The van der Waals surface area contributed by atoms with Gasteiger partial charge in [0.2, 0.25) is 0 Å². The Hall–Kier alpha value is -0.940. The highest BCUT2D eigenvalue weighted by molar-refractivity contribution is 7.09. The summed E-state index contributed by atoms with van der Waals surface area (Å²) >= 11 is 1.49. The average Bonchev–Trinajstić information content (AvgIpc) is 2.57. The van der Waals surface area contributed by atoms with E-state index in [0.29, 0.717) is 13.0 Å². The first-order valence-electron chi connectivity index (χ1n) is 4.04. The highest BCUT2D eigenvalue weighted by Gasteiger charge is 2.15. The van der Waals surface area contributed by atoms with Gasteiger partial charge in [0.25, 0.3) is 0 Å². The molecule has 4 nitrogen and oxygen atoms in total. The molecule has 1 atom stereocenters. The second-order valence-corrected chi connectivity index (χ2v) is 3.47. The van der Waals surface area contributed by atoms with Gasteiger partial charge >= 0.3 is 5.97 Å². The van der Waals surface area contributed by atoms with Gasteiger partial charge < -0.3 is 10.5 Å². The number of nitrogens with zero attached hydrogens (tertiary/aromatic N) is 1. The van der Waals surface area contributed by atoms with Gasteiger partial charge in [0.15, 0.2) is 0 Å². The van der Waals surface area contributed by atoms with Crippen LogP contribution in [-0.4, -0.2) is 23.6 Å². The maximum atomic E-state index is 11.1. The SMILES string of the molecule is CCOC(=O)C(N)Cc1nccs1.